The highest BCUT2D eigenvalue weighted by Gasteiger charge is 2.36. The standard InChI is InChI=1S/C8H15NO/c1-2-9-5-7-3-4-10-8(7)6-9/h7-8H,2-6H2,1H3. The predicted molar refractivity (Wildman–Crippen MR) is 40.0 cm³/mol. The Balaban J connectivity index is 1.94. The number of fused-ring (bicyclic) bond motifs is 1. The van der Waals surface area contributed by atoms with Crippen LogP contribution in [0.1, 0.15) is 13.3 Å². The minimum atomic E-state index is 0.583. The van der Waals surface area contributed by atoms with Gasteiger partial charge in [0, 0.05) is 25.6 Å². The van der Waals surface area contributed by atoms with Crippen molar-refractivity contribution in [3.05, 3.63) is 0 Å². The predicted octanol–water partition coefficient (Wildman–Crippen LogP) is 0.727. The third kappa shape index (κ3) is 0.956. The number of likely N-dealkylation sites (tertiary alicyclic amines) is 1. The van der Waals surface area contributed by atoms with Crippen molar-refractivity contribution in [1.29, 1.82) is 0 Å². The van der Waals surface area contributed by atoms with Gasteiger partial charge in [-0.1, -0.05) is 6.92 Å². The Morgan fingerprint density at radius 1 is 1.50 bits per heavy atom. The number of hydrogen-bond acceptors (Lipinski definition) is 2. The SMILES string of the molecule is CCN1CC2CCOC2C1. The molecule has 0 bridgehead atoms. The monoisotopic (exact) mass is 141 g/mol. The highest BCUT2D eigenvalue weighted by atomic mass is 16.5. The average molecular weight is 141 g/mol. The van der Waals surface area contributed by atoms with Crippen LogP contribution in [0.15, 0.2) is 0 Å². The van der Waals surface area contributed by atoms with Gasteiger partial charge in [-0.3, -0.25) is 0 Å². The molecule has 2 aliphatic rings. The summed E-state index contributed by atoms with van der Waals surface area (Å²) in [7, 11) is 0. The maximum absolute atomic E-state index is 5.57. The molecule has 0 saturated carbocycles. The summed E-state index contributed by atoms with van der Waals surface area (Å²) in [4.78, 5) is 2.48. The molecular formula is C8H15NO. The Hall–Kier alpha value is -0.0800. The van der Waals surface area contributed by atoms with E-state index in [-0.39, 0.29) is 0 Å². The molecule has 0 N–H and O–H groups in total. The van der Waals surface area contributed by atoms with Crippen LogP contribution in [0.2, 0.25) is 0 Å². The first kappa shape index (κ1) is 6.62. The lowest BCUT2D eigenvalue weighted by Crippen LogP contribution is -2.22. The highest BCUT2D eigenvalue weighted by molar-refractivity contribution is 4.87. The second-order valence-electron chi connectivity index (χ2n) is 3.31. The number of rotatable bonds is 1. The van der Waals surface area contributed by atoms with Gasteiger partial charge in [-0.25, -0.2) is 0 Å². The summed E-state index contributed by atoms with van der Waals surface area (Å²) in [5, 5.41) is 0. The number of likely N-dealkylation sites (N-methyl/N-ethyl adjacent to an activating group) is 1. The van der Waals surface area contributed by atoms with Crippen LogP contribution >= 0.6 is 0 Å². The molecule has 2 unspecified atom stereocenters. The molecule has 0 aromatic carbocycles. The van der Waals surface area contributed by atoms with Gasteiger partial charge in [-0.05, 0) is 13.0 Å². The van der Waals surface area contributed by atoms with E-state index in [0.29, 0.717) is 6.10 Å². The molecule has 0 aliphatic carbocycles. The summed E-state index contributed by atoms with van der Waals surface area (Å²) >= 11 is 0. The van der Waals surface area contributed by atoms with Crippen molar-refractivity contribution in [2.45, 2.75) is 19.4 Å². The fourth-order valence-electron chi connectivity index (χ4n) is 2.02. The van der Waals surface area contributed by atoms with E-state index in [2.05, 4.69) is 11.8 Å². The van der Waals surface area contributed by atoms with Gasteiger partial charge in [-0.2, -0.15) is 0 Å². The Morgan fingerprint density at radius 3 is 3.10 bits per heavy atom. The quantitative estimate of drug-likeness (QED) is 0.533. The van der Waals surface area contributed by atoms with Gasteiger partial charge in [0.2, 0.25) is 0 Å². The molecule has 0 amide bonds. The third-order valence-corrected chi connectivity index (χ3v) is 2.72. The minimum absolute atomic E-state index is 0.583. The fourth-order valence-corrected chi connectivity index (χ4v) is 2.02. The summed E-state index contributed by atoms with van der Waals surface area (Å²) in [5.74, 6) is 0.861. The summed E-state index contributed by atoms with van der Waals surface area (Å²) in [5.41, 5.74) is 0. The van der Waals surface area contributed by atoms with Crippen LogP contribution in [0.4, 0.5) is 0 Å². The normalized spacial score (nSPS) is 40.5. The lowest BCUT2D eigenvalue weighted by Gasteiger charge is -2.12. The number of ether oxygens (including phenoxy) is 1. The molecule has 0 radical (unpaired) electrons. The van der Waals surface area contributed by atoms with E-state index in [1.54, 1.807) is 0 Å². The Kier molecular flexibility index (Phi) is 1.66. The Labute approximate surface area is 62.2 Å². The molecule has 2 heterocycles. The van der Waals surface area contributed by atoms with E-state index in [1.165, 1.54) is 26.1 Å². The largest absolute Gasteiger partial charge is 0.377 e. The average Bonchev–Trinajstić information content (AvgIpc) is 2.42. The number of nitrogens with zero attached hydrogens (tertiary/aromatic N) is 1. The van der Waals surface area contributed by atoms with Crippen LogP contribution in [0, 0.1) is 5.92 Å². The molecule has 2 fully saturated rings. The van der Waals surface area contributed by atoms with Crippen LogP contribution < -0.4 is 0 Å². The molecule has 2 heteroatoms. The molecular weight excluding hydrogens is 126 g/mol. The van der Waals surface area contributed by atoms with Crippen LogP contribution in [-0.2, 0) is 4.74 Å². The zero-order chi connectivity index (χ0) is 6.97. The second kappa shape index (κ2) is 2.51. The van der Waals surface area contributed by atoms with Crippen molar-refractivity contribution < 1.29 is 4.74 Å². The van der Waals surface area contributed by atoms with Crippen molar-refractivity contribution in [2.75, 3.05) is 26.2 Å². The minimum Gasteiger partial charge on any atom is -0.377 e. The Morgan fingerprint density at radius 2 is 2.40 bits per heavy atom. The molecule has 2 nitrogen and oxygen atoms in total. The van der Waals surface area contributed by atoms with Crippen LogP contribution in [-0.4, -0.2) is 37.2 Å². The van der Waals surface area contributed by atoms with Gasteiger partial charge < -0.3 is 9.64 Å². The summed E-state index contributed by atoms with van der Waals surface area (Å²) in [6.45, 7) is 6.88. The fraction of sp³-hybridized carbons (Fsp3) is 1.00. The Bertz CT molecular complexity index is 114. The van der Waals surface area contributed by atoms with Crippen molar-refractivity contribution >= 4 is 0 Å². The van der Waals surface area contributed by atoms with Gasteiger partial charge in [0.15, 0.2) is 0 Å². The summed E-state index contributed by atoms with van der Waals surface area (Å²) in [6, 6.07) is 0. The zero-order valence-electron chi connectivity index (χ0n) is 6.55. The van der Waals surface area contributed by atoms with Gasteiger partial charge in [0.1, 0.15) is 0 Å². The first-order chi connectivity index (χ1) is 4.90. The second-order valence-corrected chi connectivity index (χ2v) is 3.31. The third-order valence-electron chi connectivity index (χ3n) is 2.72. The smallest absolute Gasteiger partial charge is 0.0743 e. The van der Waals surface area contributed by atoms with Crippen LogP contribution in [0.3, 0.4) is 0 Å². The number of hydrogen-bond donors (Lipinski definition) is 0. The van der Waals surface area contributed by atoms with E-state index >= 15 is 0 Å². The molecule has 0 spiro atoms. The summed E-state index contributed by atoms with van der Waals surface area (Å²) < 4.78 is 5.57. The van der Waals surface area contributed by atoms with Gasteiger partial charge in [-0.15, -0.1) is 0 Å². The van der Waals surface area contributed by atoms with Crippen LogP contribution in [0.5, 0.6) is 0 Å². The van der Waals surface area contributed by atoms with Gasteiger partial charge in [0.05, 0.1) is 6.10 Å². The van der Waals surface area contributed by atoms with E-state index in [1.807, 2.05) is 0 Å². The van der Waals surface area contributed by atoms with Crippen molar-refractivity contribution in [3.63, 3.8) is 0 Å². The molecule has 2 aliphatic heterocycles. The van der Waals surface area contributed by atoms with Crippen molar-refractivity contribution in [3.8, 4) is 0 Å². The zero-order valence-corrected chi connectivity index (χ0v) is 6.55. The molecule has 2 atom stereocenters. The molecule has 2 saturated heterocycles. The molecule has 10 heavy (non-hydrogen) atoms. The molecule has 0 aromatic heterocycles. The molecule has 0 aromatic rings. The molecule has 2 rings (SSSR count). The van der Waals surface area contributed by atoms with Gasteiger partial charge >= 0.3 is 0 Å². The maximum atomic E-state index is 5.57. The van der Waals surface area contributed by atoms with E-state index in [9.17, 15) is 0 Å². The topological polar surface area (TPSA) is 12.5 Å². The van der Waals surface area contributed by atoms with E-state index < -0.39 is 0 Å². The van der Waals surface area contributed by atoms with E-state index in [4.69, 9.17) is 4.74 Å². The van der Waals surface area contributed by atoms with Crippen LogP contribution in [0.25, 0.3) is 0 Å². The van der Waals surface area contributed by atoms with E-state index in [0.717, 1.165) is 12.5 Å². The van der Waals surface area contributed by atoms with Crippen molar-refractivity contribution in [2.24, 2.45) is 5.92 Å². The summed E-state index contributed by atoms with van der Waals surface area (Å²) in [6.07, 6.45) is 1.88. The molecule has 58 valence electrons. The highest BCUT2D eigenvalue weighted by Crippen LogP contribution is 2.27. The van der Waals surface area contributed by atoms with Gasteiger partial charge in [0.25, 0.3) is 0 Å². The maximum Gasteiger partial charge on any atom is 0.0743 e. The first-order valence-corrected chi connectivity index (χ1v) is 4.24. The lowest BCUT2D eigenvalue weighted by molar-refractivity contribution is 0.100. The van der Waals surface area contributed by atoms with Crippen molar-refractivity contribution in [1.82, 2.24) is 4.90 Å². The first-order valence-electron chi connectivity index (χ1n) is 4.24. The lowest BCUT2D eigenvalue weighted by atomic mass is 10.1.